The third-order valence-corrected chi connectivity index (χ3v) is 4.07. The van der Waals surface area contributed by atoms with Crippen LogP contribution in [0.25, 0.3) is 11.0 Å². The highest BCUT2D eigenvalue weighted by Gasteiger charge is 2.19. The molecule has 0 aliphatic carbocycles. The molecule has 102 valence electrons. The number of rotatable bonds is 2. The molecule has 19 heavy (non-hydrogen) atoms. The Hall–Kier alpha value is -1.17. The molecule has 0 saturated carbocycles. The lowest BCUT2D eigenvalue weighted by atomic mass is 10.2. The van der Waals surface area contributed by atoms with E-state index >= 15 is 0 Å². The van der Waals surface area contributed by atoms with Crippen LogP contribution in [0.5, 0.6) is 0 Å². The monoisotopic (exact) mass is 277 g/mol. The molecule has 3 rings (SSSR count). The van der Waals surface area contributed by atoms with Gasteiger partial charge in [-0.2, -0.15) is 0 Å². The number of imidazole rings is 1. The summed E-state index contributed by atoms with van der Waals surface area (Å²) >= 11 is 5.45. The van der Waals surface area contributed by atoms with Crippen LogP contribution in [0, 0.1) is 11.7 Å². The van der Waals surface area contributed by atoms with Crippen LogP contribution in [0.2, 0.25) is 0 Å². The number of likely N-dealkylation sites (N-methyl/N-ethyl adjacent to an activating group) is 1. The van der Waals surface area contributed by atoms with Crippen molar-refractivity contribution >= 4 is 23.3 Å². The molecule has 1 unspecified atom stereocenters. The van der Waals surface area contributed by atoms with E-state index < -0.39 is 0 Å². The zero-order valence-corrected chi connectivity index (χ0v) is 12.2. The molecule has 5 heteroatoms. The largest absolute Gasteiger partial charge is 0.374 e. The minimum atomic E-state index is 0.213. The number of nitrogens with one attached hydrogen (secondary N) is 1. The van der Waals surface area contributed by atoms with Gasteiger partial charge in [-0.05, 0) is 37.8 Å². The number of nitrogens with zero attached hydrogens (tertiary/aromatic N) is 2. The molecular weight excluding hydrogens is 258 g/mol. The highest BCUT2D eigenvalue weighted by molar-refractivity contribution is 7.71. The second kappa shape index (κ2) is 5.07. The highest BCUT2D eigenvalue weighted by Crippen LogP contribution is 2.19. The first-order valence-corrected chi connectivity index (χ1v) is 7.04. The zero-order chi connectivity index (χ0) is 13.4. The number of aromatic amines is 1. The Kier molecular flexibility index (Phi) is 3.43. The summed E-state index contributed by atoms with van der Waals surface area (Å²) in [5.74, 6) is 0. The highest BCUT2D eigenvalue weighted by atomic mass is 32.1. The first-order chi connectivity index (χ1) is 9.15. The predicted molar refractivity (Wildman–Crippen MR) is 79.1 cm³/mol. The molecule has 1 N–H and O–H groups in total. The Labute approximate surface area is 118 Å². The summed E-state index contributed by atoms with van der Waals surface area (Å²) in [7, 11) is 2.13. The van der Waals surface area contributed by atoms with E-state index in [2.05, 4.69) is 46.6 Å². The van der Waals surface area contributed by atoms with E-state index in [0.29, 0.717) is 0 Å². The van der Waals surface area contributed by atoms with Gasteiger partial charge in [0.05, 0.1) is 30.3 Å². The number of aryl methyl sites for hydroxylation is 1. The minimum Gasteiger partial charge on any atom is -0.374 e. The van der Waals surface area contributed by atoms with Crippen LogP contribution in [0.4, 0.5) is 0 Å². The minimum absolute atomic E-state index is 0.213. The molecule has 1 aliphatic rings. The predicted octanol–water partition coefficient (Wildman–Crippen LogP) is 2.34. The molecule has 2 heterocycles. The lowest BCUT2D eigenvalue weighted by molar-refractivity contribution is -0.0271. The molecule has 1 atom stereocenters. The van der Waals surface area contributed by atoms with Crippen LogP contribution in [-0.2, 0) is 11.3 Å². The molecule has 0 amide bonds. The fourth-order valence-corrected chi connectivity index (χ4v) is 2.96. The zero-order valence-electron chi connectivity index (χ0n) is 11.3. The van der Waals surface area contributed by atoms with Crippen molar-refractivity contribution in [3.8, 4) is 0 Å². The van der Waals surface area contributed by atoms with E-state index in [0.717, 1.165) is 36.5 Å². The molecule has 0 radical (unpaired) electrons. The number of hydrogen-bond acceptors (Lipinski definition) is 3. The maximum absolute atomic E-state index is 5.83. The number of ether oxygens (including phenoxy) is 1. The number of aromatic nitrogens is 2. The lowest BCUT2D eigenvalue weighted by Gasteiger charge is -2.30. The van der Waals surface area contributed by atoms with Crippen molar-refractivity contribution in [3.63, 3.8) is 0 Å². The van der Waals surface area contributed by atoms with Crippen molar-refractivity contribution in [2.45, 2.75) is 19.6 Å². The summed E-state index contributed by atoms with van der Waals surface area (Å²) in [6.07, 6.45) is 0.213. The van der Waals surface area contributed by atoms with E-state index in [-0.39, 0.29) is 6.10 Å². The van der Waals surface area contributed by atoms with Crippen molar-refractivity contribution in [2.75, 3.05) is 26.7 Å². The van der Waals surface area contributed by atoms with E-state index in [4.69, 9.17) is 17.0 Å². The van der Waals surface area contributed by atoms with E-state index in [1.807, 2.05) is 0 Å². The van der Waals surface area contributed by atoms with Gasteiger partial charge in [0.25, 0.3) is 0 Å². The number of para-hydroxylation sites is 1. The van der Waals surface area contributed by atoms with Gasteiger partial charge in [0.2, 0.25) is 0 Å². The van der Waals surface area contributed by atoms with Gasteiger partial charge < -0.3 is 19.2 Å². The number of benzene rings is 1. The third kappa shape index (κ3) is 2.45. The molecular formula is C14H19N3OS. The lowest BCUT2D eigenvalue weighted by Crippen LogP contribution is -2.41. The summed E-state index contributed by atoms with van der Waals surface area (Å²) in [6.45, 7) is 5.68. The third-order valence-electron chi connectivity index (χ3n) is 3.75. The van der Waals surface area contributed by atoms with Crippen LogP contribution in [-0.4, -0.2) is 47.3 Å². The Morgan fingerprint density at radius 2 is 2.32 bits per heavy atom. The average molecular weight is 277 g/mol. The number of hydrogen-bond donors (Lipinski definition) is 1. The maximum Gasteiger partial charge on any atom is 0.178 e. The number of morpholine rings is 1. The quantitative estimate of drug-likeness (QED) is 0.855. The fourth-order valence-electron chi connectivity index (χ4n) is 2.69. The summed E-state index contributed by atoms with van der Waals surface area (Å²) in [6, 6.07) is 6.29. The second-order valence-corrected chi connectivity index (χ2v) is 5.65. The van der Waals surface area contributed by atoms with Gasteiger partial charge in [-0.15, -0.1) is 0 Å². The Balaban J connectivity index is 1.94. The van der Waals surface area contributed by atoms with E-state index in [1.54, 1.807) is 0 Å². The first-order valence-electron chi connectivity index (χ1n) is 6.63. The van der Waals surface area contributed by atoms with Gasteiger partial charge in [-0.25, -0.2) is 0 Å². The van der Waals surface area contributed by atoms with Gasteiger partial charge in [0.15, 0.2) is 4.77 Å². The van der Waals surface area contributed by atoms with Crippen LogP contribution in [0.15, 0.2) is 18.2 Å². The van der Waals surface area contributed by atoms with Gasteiger partial charge >= 0.3 is 0 Å². The Morgan fingerprint density at radius 3 is 3.11 bits per heavy atom. The second-order valence-electron chi connectivity index (χ2n) is 5.26. The van der Waals surface area contributed by atoms with E-state index in [9.17, 15) is 0 Å². The Morgan fingerprint density at radius 1 is 1.47 bits per heavy atom. The molecule has 0 spiro atoms. The van der Waals surface area contributed by atoms with Gasteiger partial charge in [-0.3, -0.25) is 0 Å². The number of fused-ring (bicyclic) bond motifs is 1. The molecule has 1 aromatic carbocycles. The van der Waals surface area contributed by atoms with Crippen molar-refractivity contribution in [2.24, 2.45) is 0 Å². The molecule has 1 saturated heterocycles. The normalized spacial score (nSPS) is 21.1. The molecule has 1 aliphatic heterocycles. The first kappa shape index (κ1) is 12.8. The fraction of sp³-hybridized carbons (Fsp3) is 0.500. The smallest absolute Gasteiger partial charge is 0.178 e. The van der Waals surface area contributed by atoms with Crippen molar-refractivity contribution in [3.05, 3.63) is 28.5 Å². The van der Waals surface area contributed by atoms with Gasteiger partial charge in [0, 0.05) is 13.1 Å². The summed E-state index contributed by atoms with van der Waals surface area (Å²) in [4.78, 5) is 5.61. The van der Waals surface area contributed by atoms with Crippen molar-refractivity contribution in [1.82, 2.24) is 14.5 Å². The molecule has 1 fully saturated rings. The molecule has 2 aromatic rings. The van der Waals surface area contributed by atoms with Crippen LogP contribution < -0.4 is 0 Å². The van der Waals surface area contributed by atoms with Crippen molar-refractivity contribution < 1.29 is 4.74 Å². The van der Waals surface area contributed by atoms with Crippen LogP contribution in [0.3, 0.4) is 0 Å². The summed E-state index contributed by atoms with van der Waals surface area (Å²) < 4.78 is 8.77. The van der Waals surface area contributed by atoms with E-state index in [1.165, 1.54) is 11.1 Å². The maximum atomic E-state index is 5.83. The standard InChI is InChI=1S/C14H19N3OS/c1-10-4-3-5-12-13(10)15-14(19)17(12)9-11-8-16(2)6-7-18-11/h3-5,11H,6-9H2,1-2H3,(H,15,19). The van der Waals surface area contributed by atoms with Gasteiger partial charge in [0.1, 0.15) is 0 Å². The van der Waals surface area contributed by atoms with Gasteiger partial charge in [-0.1, -0.05) is 12.1 Å². The number of H-pyrrole nitrogens is 1. The molecule has 4 nitrogen and oxygen atoms in total. The van der Waals surface area contributed by atoms with Crippen molar-refractivity contribution in [1.29, 1.82) is 0 Å². The summed E-state index contributed by atoms with van der Waals surface area (Å²) in [5, 5.41) is 0. The molecule has 1 aromatic heterocycles. The molecule has 0 bridgehead atoms. The SMILES string of the molecule is Cc1cccc2c1[nH]c(=S)n2CC1CN(C)CCO1. The topological polar surface area (TPSA) is 33.2 Å². The summed E-state index contributed by atoms with van der Waals surface area (Å²) in [5.41, 5.74) is 3.53. The Bertz CT molecular complexity index is 646. The van der Waals surface area contributed by atoms with Crippen LogP contribution >= 0.6 is 12.2 Å². The van der Waals surface area contributed by atoms with Crippen LogP contribution in [0.1, 0.15) is 5.56 Å². The average Bonchev–Trinajstić information content (AvgIpc) is 2.69.